The number of likely N-dealkylation sites (tertiary alicyclic amines) is 1. The highest BCUT2D eigenvalue weighted by Gasteiger charge is 2.23. The molecule has 1 atom stereocenters. The minimum atomic E-state index is -3.92. The number of benzene rings is 2. The maximum Gasteiger partial charge on any atom is 0.293 e. The van der Waals surface area contributed by atoms with E-state index in [1.54, 1.807) is 30.3 Å². The number of sulfonamides is 1. The lowest BCUT2D eigenvalue weighted by molar-refractivity contribution is -0.384. The molecule has 1 saturated heterocycles. The molecule has 0 bridgehead atoms. The van der Waals surface area contributed by atoms with E-state index in [2.05, 4.69) is 22.0 Å². The second-order valence-electron chi connectivity index (χ2n) is 7.06. The Labute approximate surface area is 164 Å². The number of hydrogen-bond acceptors (Lipinski definition) is 6. The molecular formula is C19H24N4O4S. The maximum absolute atomic E-state index is 12.6. The van der Waals surface area contributed by atoms with Crippen LogP contribution in [0, 0.1) is 16.0 Å². The Balaban J connectivity index is 1.77. The number of nitro benzene ring substituents is 1. The molecule has 1 unspecified atom stereocenters. The van der Waals surface area contributed by atoms with Crippen molar-refractivity contribution in [2.75, 3.05) is 36.7 Å². The van der Waals surface area contributed by atoms with Crippen LogP contribution in [0.5, 0.6) is 0 Å². The third-order valence-electron chi connectivity index (χ3n) is 4.81. The van der Waals surface area contributed by atoms with Crippen molar-refractivity contribution >= 4 is 27.1 Å². The van der Waals surface area contributed by atoms with Gasteiger partial charge in [0.2, 0.25) is 0 Å². The summed E-state index contributed by atoms with van der Waals surface area (Å²) in [5.41, 5.74) is 0.478. The first-order valence-corrected chi connectivity index (χ1v) is 10.6. The molecule has 150 valence electrons. The zero-order chi connectivity index (χ0) is 20.1. The SMILES string of the molecule is CN1CCCC(CNc2ccc(S(=O)(=O)Nc3ccccc3)cc2[N+](=O)[O-])C1. The van der Waals surface area contributed by atoms with E-state index in [1.165, 1.54) is 12.1 Å². The van der Waals surface area contributed by atoms with E-state index < -0.39 is 14.9 Å². The summed E-state index contributed by atoms with van der Waals surface area (Å²) in [5.74, 6) is 0.404. The van der Waals surface area contributed by atoms with E-state index in [-0.39, 0.29) is 10.6 Å². The average molecular weight is 404 g/mol. The van der Waals surface area contributed by atoms with Crippen LogP contribution in [-0.4, -0.2) is 44.9 Å². The van der Waals surface area contributed by atoms with Crippen molar-refractivity contribution in [1.29, 1.82) is 0 Å². The Morgan fingerprint density at radius 1 is 1.21 bits per heavy atom. The lowest BCUT2D eigenvalue weighted by Crippen LogP contribution is -2.35. The van der Waals surface area contributed by atoms with Gasteiger partial charge in [0.05, 0.1) is 9.82 Å². The van der Waals surface area contributed by atoms with E-state index in [0.717, 1.165) is 32.0 Å². The maximum atomic E-state index is 12.6. The van der Waals surface area contributed by atoms with Gasteiger partial charge in [0, 0.05) is 24.8 Å². The molecule has 1 aliphatic rings. The summed E-state index contributed by atoms with van der Waals surface area (Å²) in [6, 6.07) is 12.4. The minimum Gasteiger partial charge on any atom is -0.379 e. The number of nitrogens with zero attached hydrogens (tertiary/aromatic N) is 2. The fourth-order valence-electron chi connectivity index (χ4n) is 3.39. The Morgan fingerprint density at radius 2 is 1.96 bits per heavy atom. The lowest BCUT2D eigenvalue weighted by Gasteiger charge is -2.29. The molecule has 8 nitrogen and oxygen atoms in total. The largest absolute Gasteiger partial charge is 0.379 e. The first kappa shape index (κ1) is 20.1. The number of piperidine rings is 1. The molecule has 1 heterocycles. The quantitative estimate of drug-likeness (QED) is 0.543. The molecule has 9 heteroatoms. The molecule has 1 aliphatic heterocycles. The van der Waals surface area contributed by atoms with Gasteiger partial charge >= 0.3 is 0 Å². The molecule has 0 amide bonds. The van der Waals surface area contributed by atoms with Crippen molar-refractivity contribution in [3.63, 3.8) is 0 Å². The van der Waals surface area contributed by atoms with Crippen LogP contribution in [0.3, 0.4) is 0 Å². The van der Waals surface area contributed by atoms with E-state index in [1.807, 2.05) is 0 Å². The number of nitro groups is 1. The van der Waals surface area contributed by atoms with Crippen LogP contribution in [0.25, 0.3) is 0 Å². The van der Waals surface area contributed by atoms with E-state index in [0.29, 0.717) is 23.8 Å². The number of hydrogen-bond donors (Lipinski definition) is 2. The summed E-state index contributed by atoms with van der Waals surface area (Å²) >= 11 is 0. The smallest absolute Gasteiger partial charge is 0.293 e. The van der Waals surface area contributed by atoms with Gasteiger partial charge in [-0.05, 0) is 56.6 Å². The van der Waals surface area contributed by atoms with Crippen LogP contribution in [-0.2, 0) is 10.0 Å². The Bertz CT molecular complexity index is 934. The van der Waals surface area contributed by atoms with Crippen molar-refractivity contribution in [3.8, 4) is 0 Å². The molecule has 2 N–H and O–H groups in total. The Hall–Kier alpha value is -2.65. The first-order chi connectivity index (χ1) is 13.3. The topological polar surface area (TPSA) is 105 Å². The van der Waals surface area contributed by atoms with Gasteiger partial charge in [-0.2, -0.15) is 0 Å². The summed E-state index contributed by atoms with van der Waals surface area (Å²) < 4.78 is 27.6. The highest BCUT2D eigenvalue weighted by Crippen LogP contribution is 2.29. The molecule has 1 fully saturated rings. The summed E-state index contributed by atoms with van der Waals surface area (Å²) in [6.45, 7) is 2.62. The third-order valence-corrected chi connectivity index (χ3v) is 6.18. The van der Waals surface area contributed by atoms with Crippen LogP contribution in [0.4, 0.5) is 17.1 Å². The van der Waals surface area contributed by atoms with Crippen molar-refractivity contribution in [2.45, 2.75) is 17.7 Å². The third kappa shape index (κ3) is 4.99. The standard InChI is InChI=1S/C19H24N4O4S/c1-22-11-5-6-15(14-22)13-20-18-10-9-17(12-19(18)23(24)25)28(26,27)21-16-7-3-2-4-8-16/h2-4,7-10,12,15,20-21H,5-6,11,13-14H2,1H3. The molecule has 3 rings (SSSR count). The molecule has 0 saturated carbocycles. The number of anilines is 2. The number of para-hydroxylation sites is 1. The van der Waals surface area contributed by atoms with Gasteiger partial charge in [-0.3, -0.25) is 14.8 Å². The zero-order valence-corrected chi connectivity index (χ0v) is 16.5. The van der Waals surface area contributed by atoms with E-state index in [9.17, 15) is 18.5 Å². The molecule has 0 aromatic heterocycles. The van der Waals surface area contributed by atoms with Crippen molar-refractivity contribution < 1.29 is 13.3 Å². The molecule has 0 radical (unpaired) electrons. The molecule has 0 aliphatic carbocycles. The fourth-order valence-corrected chi connectivity index (χ4v) is 4.47. The normalized spacial score (nSPS) is 17.8. The lowest BCUT2D eigenvalue weighted by atomic mass is 9.98. The minimum absolute atomic E-state index is 0.147. The van der Waals surface area contributed by atoms with Gasteiger partial charge in [-0.15, -0.1) is 0 Å². The fraction of sp³-hybridized carbons (Fsp3) is 0.368. The highest BCUT2D eigenvalue weighted by molar-refractivity contribution is 7.92. The summed E-state index contributed by atoms with van der Waals surface area (Å²) in [7, 11) is -1.85. The summed E-state index contributed by atoms with van der Waals surface area (Å²) in [6.07, 6.45) is 2.17. The second-order valence-corrected chi connectivity index (χ2v) is 8.74. The van der Waals surface area contributed by atoms with Gasteiger partial charge in [0.15, 0.2) is 0 Å². The van der Waals surface area contributed by atoms with Crippen molar-refractivity contribution in [2.24, 2.45) is 5.92 Å². The predicted molar refractivity (Wildman–Crippen MR) is 109 cm³/mol. The van der Waals surface area contributed by atoms with Crippen molar-refractivity contribution in [1.82, 2.24) is 4.90 Å². The van der Waals surface area contributed by atoms with Crippen molar-refractivity contribution in [3.05, 3.63) is 58.6 Å². The van der Waals surface area contributed by atoms with Gasteiger partial charge in [0.1, 0.15) is 5.69 Å². The predicted octanol–water partition coefficient (Wildman–Crippen LogP) is 3.15. The van der Waals surface area contributed by atoms with Crippen LogP contribution in [0.15, 0.2) is 53.4 Å². The molecule has 0 spiro atoms. The first-order valence-electron chi connectivity index (χ1n) is 9.14. The Kier molecular flexibility index (Phi) is 6.15. The molecule has 2 aromatic carbocycles. The molecule has 28 heavy (non-hydrogen) atoms. The van der Waals surface area contributed by atoms with Crippen LogP contribution in [0.2, 0.25) is 0 Å². The average Bonchev–Trinajstić information content (AvgIpc) is 2.66. The highest BCUT2D eigenvalue weighted by atomic mass is 32.2. The molecular weight excluding hydrogens is 380 g/mol. The van der Waals surface area contributed by atoms with E-state index in [4.69, 9.17) is 0 Å². The van der Waals surface area contributed by atoms with Gasteiger partial charge in [-0.25, -0.2) is 8.42 Å². The summed E-state index contributed by atoms with van der Waals surface area (Å²) in [4.78, 5) is 13.0. The second kappa shape index (κ2) is 8.57. The van der Waals surface area contributed by atoms with Crippen LogP contribution >= 0.6 is 0 Å². The van der Waals surface area contributed by atoms with Gasteiger partial charge < -0.3 is 10.2 Å². The molecule has 2 aromatic rings. The van der Waals surface area contributed by atoms with Crippen LogP contribution < -0.4 is 10.0 Å². The monoisotopic (exact) mass is 404 g/mol. The number of rotatable bonds is 7. The van der Waals surface area contributed by atoms with Crippen LogP contribution in [0.1, 0.15) is 12.8 Å². The number of nitrogens with one attached hydrogen (secondary N) is 2. The zero-order valence-electron chi connectivity index (χ0n) is 15.7. The van der Waals surface area contributed by atoms with E-state index >= 15 is 0 Å². The van der Waals surface area contributed by atoms with Gasteiger partial charge in [0.25, 0.3) is 15.7 Å². The van der Waals surface area contributed by atoms with Gasteiger partial charge in [-0.1, -0.05) is 18.2 Å². The summed E-state index contributed by atoms with van der Waals surface area (Å²) in [5, 5.41) is 14.6. The Morgan fingerprint density at radius 3 is 2.64 bits per heavy atom.